The molecule has 0 bridgehead atoms. The lowest BCUT2D eigenvalue weighted by Gasteiger charge is -2.17. The molecular formula is C9H16O4. The Kier molecular flexibility index (Phi) is 5.11. The summed E-state index contributed by atoms with van der Waals surface area (Å²) < 4.78 is 9.46. The van der Waals surface area contributed by atoms with Gasteiger partial charge in [0, 0.05) is 6.42 Å². The molecule has 13 heavy (non-hydrogen) atoms. The fourth-order valence-corrected chi connectivity index (χ4v) is 0.770. The molecule has 0 rings (SSSR count). The maximum Gasteiger partial charge on any atom is 0.312 e. The summed E-state index contributed by atoms with van der Waals surface area (Å²) >= 11 is 0. The number of carbonyl (C=O) groups excluding carboxylic acids is 2. The van der Waals surface area contributed by atoms with Crippen LogP contribution in [0.5, 0.6) is 0 Å². The Morgan fingerprint density at radius 2 is 1.85 bits per heavy atom. The van der Waals surface area contributed by atoms with Crippen molar-refractivity contribution < 1.29 is 19.1 Å². The van der Waals surface area contributed by atoms with E-state index in [4.69, 9.17) is 4.74 Å². The Hall–Kier alpha value is -1.06. The van der Waals surface area contributed by atoms with Crippen LogP contribution in [0.2, 0.25) is 0 Å². The molecule has 0 aromatic rings. The first-order valence-electron chi connectivity index (χ1n) is 4.30. The first kappa shape index (κ1) is 11.9. The monoisotopic (exact) mass is 188 g/mol. The average molecular weight is 188 g/mol. The van der Waals surface area contributed by atoms with Crippen LogP contribution in [0, 0.1) is 5.92 Å². The van der Waals surface area contributed by atoms with Crippen LogP contribution in [0.15, 0.2) is 0 Å². The van der Waals surface area contributed by atoms with Gasteiger partial charge in [-0.15, -0.1) is 0 Å². The molecule has 0 aliphatic carbocycles. The maximum absolute atomic E-state index is 11.0. The third kappa shape index (κ3) is 3.92. The molecule has 0 aromatic heterocycles. The van der Waals surface area contributed by atoms with E-state index in [2.05, 4.69) is 4.74 Å². The van der Waals surface area contributed by atoms with Crippen LogP contribution in [0.25, 0.3) is 0 Å². The van der Waals surface area contributed by atoms with Crippen LogP contribution in [0.4, 0.5) is 0 Å². The van der Waals surface area contributed by atoms with Gasteiger partial charge in [0.1, 0.15) is 6.10 Å². The van der Waals surface area contributed by atoms with Gasteiger partial charge in [0.05, 0.1) is 13.0 Å². The van der Waals surface area contributed by atoms with E-state index < -0.39 is 12.0 Å². The molecule has 0 aliphatic heterocycles. The zero-order valence-corrected chi connectivity index (χ0v) is 8.49. The summed E-state index contributed by atoms with van der Waals surface area (Å²) in [7, 11) is 1.31. The number of hydrogen-bond acceptors (Lipinski definition) is 4. The number of ether oxygens (including phenoxy) is 2. The molecule has 76 valence electrons. The molecule has 0 amide bonds. The minimum atomic E-state index is -0.431. The smallest absolute Gasteiger partial charge is 0.312 e. The summed E-state index contributed by atoms with van der Waals surface area (Å²) in [6.45, 7) is 5.05. The summed E-state index contributed by atoms with van der Waals surface area (Å²) in [6.07, 6.45) is -0.113. The third-order valence-corrected chi connectivity index (χ3v) is 1.88. The summed E-state index contributed by atoms with van der Waals surface area (Å²) in [5.41, 5.74) is 0. The van der Waals surface area contributed by atoms with Crippen molar-refractivity contribution in [3.63, 3.8) is 0 Å². The topological polar surface area (TPSA) is 52.6 Å². The first-order chi connectivity index (χ1) is 6.02. The van der Waals surface area contributed by atoms with Crippen molar-refractivity contribution in [2.24, 2.45) is 5.92 Å². The van der Waals surface area contributed by atoms with Crippen LogP contribution in [0.3, 0.4) is 0 Å². The molecule has 2 atom stereocenters. The number of hydrogen-bond donors (Lipinski definition) is 0. The highest BCUT2D eigenvalue weighted by Crippen LogP contribution is 2.09. The van der Waals surface area contributed by atoms with E-state index in [0.717, 1.165) is 0 Å². The largest absolute Gasteiger partial charge is 0.469 e. The molecule has 0 saturated carbocycles. The fraction of sp³-hybridized carbons (Fsp3) is 0.778. The maximum atomic E-state index is 11.0. The Morgan fingerprint density at radius 1 is 1.31 bits per heavy atom. The molecule has 0 N–H and O–H groups in total. The molecule has 0 radical (unpaired) electrons. The lowest BCUT2D eigenvalue weighted by atomic mass is 10.1. The van der Waals surface area contributed by atoms with E-state index in [-0.39, 0.29) is 11.9 Å². The standard InChI is InChI=1S/C9H16O4/c1-5-8(10)13-7(3)6(2)9(11)12-4/h6-7H,5H2,1-4H3. The van der Waals surface area contributed by atoms with E-state index in [9.17, 15) is 9.59 Å². The van der Waals surface area contributed by atoms with Crippen molar-refractivity contribution in [3.05, 3.63) is 0 Å². The van der Waals surface area contributed by atoms with E-state index in [1.807, 2.05) is 0 Å². The van der Waals surface area contributed by atoms with Crippen molar-refractivity contribution in [2.75, 3.05) is 7.11 Å². The average Bonchev–Trinajstić information content (AvgIpc) is 2.14. The number of rotatable bonds is 4. The van der Waals surface area contributed by atoms with Crippen LogP contribution in [0.1, 0.15) is 27.2 Å². The number of carbonyl (C=O) groups is 2. The second kappa shape index (κ2) is 5.56. The van der Waals surface area contributed by atoms with Crippen molar-refractivity contribution in [3.8, 4) is 0 Å². The van der Waals surface area contributed by atoms with Gasteiger partial charge in [-0.25, -0.2) is 0 Å². The van der Waals surface area contributed by atoms with Gasteiger partial charge in [-0.05, 0) is 13.8 Å². The second-order valence-corrected chi connectivity index (χ2v) is 2.86. The second-order valence-electron chi connectivity index (χ2n) is 2.86. The lowest BCUT2D eigenvalue weighted by molar-refractivity contribution is -0.158. The summed E-state index contributed by atoms with van der Waals surface area (Å²) in [6, 6.07) is 0. The van der Waals surface area contributed by atoms with Crippen LogP contribution in [-0.2, 0) is 19.1 Å². The van der Waals surface area contributed by atoms with Crippen molar-refractivity contribution >= 4 is 11.9 Å². The highest BCUT2D eigenvalue weighted by Gasteiger charge is 2.23. The lowest BCUT2D eigenvalue weighted by Crippen LogP contribution is -2.28. The number of esters is 2. The molecule has 2 unspecified atom stereocenters. The molecule has 4 heteroatoms. The Balaban J connectivity index is 4.02. The van der Waals surface area contributed by atoms with E-state index in [0.29, 0.717) is 6.42 Å². The van der Waals surface area contributed by atoms with Gasteiger partial charge >= 0.3 is 11.9 Å². The van der Waals surface area contributed by atoms with Crippen LogP contribution >= 0.6 is 0 Å². The van der Waals surface area contributed by atoms with Gasteiger partial charge in [0.15, 0.2) is 0 Å². The predicted octanol–water partition coefficient (Wildman–Crippen LogP) is 1.14. The minimum Gasteiger partial charge on any atom is -0.469 e. The highest BCUT2D eigenvalue weighted by molar-refractivity contribution is 5.74. The van der Waals surface area contributed by atoms with Crippen LogP contribution < -0.4 is 0 Å². The van der Waals surface area contributed by atoms with Gasteiger partial charge in [-0.1, -0.05) is 6.92 Å². The molecule has 0 saturated heterocycles. The summed E-state index contributed by atoms with van der Waals surface area (Å²) in [5.74, 6) is -1.08. The Bertz CT molecular complexity index is 188. The normalized spacial score (nSPS) is 14.5. The Labute approximate surface area is 78.2 Å². The van der Waals surface area contributed by atoms with E-state index in [1.54, 1.807) is 20.8 Å². The van der Waals surface area contributed by atoms with E-state index >= 15 is 0 Å². The number of methoxy groups -OCH3 is 1. The van der Waals surface area contributed by atoms with Gasteiger partial charge in [0.2, 0.25) is 0 Å². The van der Waals surface area contributed by atoms with Gasteiger partial charge in [0.25, 0.3) is 0 Å². The Morgan fingerprint density at radius 3 is 2.23 bits per heavy atom. The van der Waals surface area contributed by atoms with Crippen LogP contribution in [-0.4, -0.2) is 25.2 Å². The third-order valence-electron chi connectivity index (χ3n) is 1.88. The summed E-state index contributed by atoms with van der Waals surface area (Å²) in [4.78, 5) is 21.9. The van der Waals surface area contributed by atoms with Crippen molar-refractivity contribution in [1.82, 2.24) is 0 Å². The highest BCUT2D eigenvalue weighted by atomic mass is 16.6. The molecule has 0 fully saturated rings. The van der Waals surface area contributed by atoms with Crippen molar-refractivity contribution in [2.45, 2.75) is 33.3 Å². The molecule has 0 aliphatic rings. The minimum absolute atomic E-state index is 0.303. The van der Waals surface area contributed by atoms with E-state index in [1.165, 1.54) is 7.11 Å². The molecule has 0 spiro atoms. The summed E-state index contributed by atoms with van der Waals surface area (Å²) in [5, 5.41) is 0. The SMILES string of the molecule is CCC(=O)OC(C)C(C)C(=O)OC. The molecule has 0 aromatic carbocycles. The zero-order chi connectivity index (χ0) is 10.4. The van der Waals surface area contributed by atoms with Gasteiger partial charge in [-0.3, -0.25) is 9.59 Å². The van der Waals surface area contributed by atoms with Crippen molar-refractivity contribution in [1.29, 1.82) is 0 Å². The molecular weight excluding hydrogens is 172 g/mol. The first-order valence-corrected chi connectivity index (χ1v) is 4.30. The molecule has 0 heterocycles. The zero-order valence-electron chi connectivity index (χ0n) is 8.49. The fourth-order valence-electron chi connectivity index (χ4n) is 0.770. The van der Waals surface area contributed by atoms with Gasteiger partial charge < -0.3 is 9.47 Å². The quantitative estimate of drug-likeness (QED) is 0.621. The molecule has 4 nitrogen and oxygen atoms in total. The predicted molar refractivity (Wildman–Crippen MR) is 47.0 cm³/mol. The van der Waals surface area contributed by atoms with Gasteiger partial charge in [-0.2, -0.15) is 0 Å².